The highest BCUT2D eigenvalue weighted by atomic mass is 35.5. The van der Waals surface area contributed by atoms with E-state index < -0.39 is 0 Å². The van der Waals surface area contributed by atoms with Crippen molar-refractivity contribution in [3.8, 4) is 0 Å². The number of nitrogens with one attached hydrogen (secondary N) is 2. The summed E-state index contributed by atoms with van der Waals surface area (Å²) in [6, 6.07) is 10.4. The Morgan fingerprint density at radius 2 is 1.96 bits per heavy atom. The molecule has 2 aromatic rings. The van der Waals surface area contributed by atoms with Gasteiger partial charge in [0.25, 0.3) is 0 Å². The Balaban J connectivity index is 1.56. The van der Waals surface area contributed by atoms with Gasteiger partial charge < -0.3 is 15.5 Å². The largest absolute Gasteiger partial charge is 0.371 e. The Labute approximate surface area is 158 Å². The van der Waals surface area contributed by atoms with Gasteiger partial charge in [-0.3, -0.25) is 0 Å². The van der Waals surface area contributed by atoms with E-state index in [0.717, 1.165) is 30.4 Å². The molecule has 130 valence electrons. The molecular formula is C20H21Cl2N3. The van der Waals surface area contributed by atoms with Gasteiger partial charge in [-0.2, -0.15) is 0 Å². The molecule has 0 aliphatic carbocycles. The topological polar surface area (TPSA) is 27.3 Å². The Bertz CT molecular complexity index is 836. The van der Waals surface area contributed by atoms with Crippen LogP contribution in [-0.4, -0.2) is 26.2 Å². The minimum absolute atomic E-state index is 0.581. The summed E-state index contributed by atoms with van der Waals surface area (Å²) in [5.74, 6) is 1.37. The summed E-state index contributed by atoms with van der Waals surface area (Å²) in [5.41, 5.74) is 6.64. The predicted molar refractivity (Wildman–Crippen MR) is 106 cm³/mol. The highest BCUT2D eigenvalue weighted by Crippen LogP contribution is 2.46. The maximum absolute atomic E-state index is 6.17. The van der Waals surface area contributed by atoms with Crippen molar-refractivity contribution < 1.29 is 0 Å². The third-order valence-electron chi connectivity index (χ3n) is 5.81. The van der Waals surface area contributed by atoms with E-state index in [1.54, 1.807) is 0 Å². The van der Waals surface area contributed by atoms with Crippen LogP contribution in [0, 0.1) is 5.92 Å². The molecule has 3 aliphatic heterocycles. The quantitative estimate of drug-likeness (QED) is 0.790. The van der Waals surface area contributed by atoms with Gasteiger partial charge in [-0.05, 0) is 60.2 Å². The third-order valence-corrected chi connectivity index (χ3v) is 6.55. The fourth-order valence-electron chi connectivity index (χ4n) is 4.72. The molecule has 0 bridgehead atoms. The number of anilines is 3. The fourth-order valence-corrected chi connectivity index (χ4v) is 5.02. The maximum Gasteiger partial charge on any atom is 0.0612 e. The van der Waals surface area contributed by atoms with Crippen LogP contribution in [0.2, 0.25) is 10.0 Å². The molecule has 5 heteroatoms. The van der Waals surface area contributed by atoms with E-state index in [9.17, 15) is 0 Å². The molecule has 3 aliphatic rings. The van der Waals surface area contributed by atoms with E-state index >= 15 is 0 Å². The van der Waals surface area contributed by atoms with Crippen LogP contribution < -0.4 is 15.5 Å². The van der Waals surface area contributed by atoms with Crippen LogP contribution in [0.15, 0.2) is 30.3 Å². The van der Waals surface area contributed by atoms with Crippen LogP contribution in [0.1, 0.15) is 23.5 Å². The monoisotopic (exact) mass is 373 g/mol. The van der Waals surface area contributed by atoms with Gasteiger partial charge >= 0.3 is 0 Å². The average molecular weight is 374 g/mol. The zero-order valence-corrected chi connectivity index (χ0v) is 15.5. The molecule has 0 amide bonds. The number of hydrogen-bond acceptors (Lipinski definition) is 3. The summed E-state index contributed by atoms with van der Waals surface area (Å²) in [6.45, 7) is 4.64. The normalized spacial score (nSPS) is 24.0. The molecule has 0 aromatic heterocycles. The molecule has 0 spiro atoms. The fraction of sp³-hybridized carbons (Fsp3) is 0.400. The second-order valence-electron chi connectivity index (χ2n) is 7.40. The standard InChI is InChI=1S/C20H21Cl2N3/c21-18-4-3-14(8-19(18)22)24-15-6-12-2-1-5-25-11-13-9-23-10-17(13)16(7-15)20(12)25/h3-4,6-8,13,17,23-24H,1-2,5,9-11H2. The summed E-state index contributed by atoms with van der Waals surface area (Å²) in [4.78, 5) is 2.62. The second-order valence-corrected chi connectivity index (χ2v) is 8.22. The van der Waals surface area contributed by atoms with Gasteiger partial charge in [0.15, 0.2) is 0 Å². The molecule has 0 radical (unpaired) electrons. The Morgan fingerprint density at radius 1 is 1.04 bits per heavy atom. The van der Waals surface area contributed by atoms with Gasteiger partial charge in [0, 0.05) is 49.2 Å². The van der Waals surface area contributed by atoms with Crippen molar-refractivity contribution in [2.45, 2.75) is 18.8 Å². The Hall–Kier alpha value is -1.42. The third kappa shape index (κ3) is 2.69. The van der Waals surface area contributed by atoms with Crippen LogP contribution in [0.3, 0.4) is 0 Å². The van der Waals surface area contributed by atoms with Crippen LogP contribution in [0.5, 0.6) is 0 Å². The smallest absolute Gasteiger partial charge is 0.0612 e. The number of nitrogens with zero attached hydrogens (tertiary/aromatic N) is 1. The second kappa shape index (κ2) is 6.08. The number of halogens is 2. The lowest BCUT2D eigenvalue weighted by molar-refractivity contribution is 0.470. The van der Waals surface area contributed by atoms with Gasteiger partial charge in [0.05, 0.1) is 10.0 Å². The minimum Gasteiger partial charge on any atom is -0.371 e. The van der Waals surface area contributed by atoms with Crippen LogP contribution in [-0.2, 0) is 6.42 Å². The minimum atomic E-state index is 0.581. The molecule has 2 aromatic carbocycles. The molecule has 0 saturated carbocycles. The molecule has 2 N–H and O–H groups in total. The van der Waals surface area contributed by atoms with Gasteiger partial charge in [-0.15, -0.1) is 0 Å². The number of fused-ring (bicyclic) bond motifs is 2. The summed E-state index contributed by atoms with van der Waals surface area (Å²) in [7, 11) is 0. The van der Waals surface area contributed by atoms with Crippen molar-refractivity contribution in [1.29, 1.82) is 0 Å². The first-order chi connectivity index (χ1) is 12.2. The number of benzene rings is 2. The molecule has 3 nitrogen and oxygen atoms in total. The van der Waals surface area contributed by atoms with Crippen LogP contribution in [0.25, 0.3) is 0 Å². The van der Waals surface area contributed by atoms with Gasteiger partial charge in [-0.25, -0.2) is 0 Å². The van der Waals surface area contributed by atoms with Crippen molar-refractivity contribution in [3.63, 3.8) is 0 Å². The SMILES string of the molecule is Clc1ccc(Nc2cc3c4c(c2)C2CNCC2CN4CCC3)cc1Cl. The van der Waals surface area contributed by atoms with E-state index in [-0.39, 0.29) is 0 Å². The maximum atomic E-state index is 6.17. The van der Waals surface area contributed by atoms with E-state index in [1.807, 2.05) is 18.2 Å². The van der Waals surface area contributed by atoms with Crippen molar-refractivity contribution in [2.24, 2.45) is 5.92 Å². The molecular weight excluding hydrogens is 353 g/mol. The number of rotatable bonds is 2. The van der Waals surface area contributed by atoms with Gasteiger partial charge in [0.2, 0.25) is 0 Å². The molecule has 1 fully saturated rings. The number of aryl methyl sites for hydroxylation is 1. The van der Waals surface area contributed by atoms with Crippen LogP contribution in [0.4, 0.5) is 17.1 Å². The molecule has 2 unspecified atom stereocenters. The zero-order chi connectivity index (χ0) is 17.0. The summed E-state index contributed by atoms with van der Waals surface area (Å²) in [6.07, 6.45) is 2.41. The Morgan fingerprint density at radius 3 is 2.84 bits per heavy atom. The first-order valence-electron chi connectivity index (χ1n) is 9.03. The predicted octanol–water partition coefficient (Wildman–Crippen LogP) is 4.81. The first-order valence-corrected chi connectivity index (χ1v) is 9.79. The zero-order valence-electron chi connectivity index (χ0n) is 14.0. The number of hydrogen-bond donors (Lipinski definition) is 2. The Kier molecular flexibility index (Phi) is 3.85. The van der Waals surface area contributed by atoms with Crippen LogP contribution >= 0.6 is 23.2 Å². The molecule has 25 heavy (non-hydrogen) atoms. The van der Waals surface area contributed by atoms with Gasteiger partial charge in [-0.1, -0.05) is 23.2 Å². The van der Waals surface area contributed by atoms with Crippen molar-refractivity contribution in [1.82, 2.24) is 5.32 Å². The average Bonchev–Trinajstić information content (AvgIpc) is 3.07. The van der Waals surface area contributed by atoms with E-state index in [0.29, 0.717) is 16.0 Å². The van der Waals surface area contributed by atoms with E-state index in [4.69, 9.17) is 23.2 Å². The van der Waals surface area contributed by atoms with E-state index in [1.165, 1.54) is 42.7 Å². The lowest BCUT2D eigenvalue weighted by atomic mass is 9.80. The lowest BCUT2D eigenvalue weighted by Crippen LogP contribution is -2.40. The first kappa shape index (κ1) is 15.8. The van der Waals surface area contributed by atoms with Crippen molar-refractivity contribution >= 4 is 40.3 Å². The summed E-state index contributed by atoms with van der Waals surface area (Å²) >= 11 is 12.2. The summed E-state index contributed by atoms with van der Waals surface area (Å²) in [5, 5.41) is 8.29. The highest BCUT2D eigenvalue weighted by Gasteiger charge is 2.38. The molecule has 1 saturated heterocycles. The summed E-state index contributed by atoms with van der Waals surface area (Å²) < 4.78 is 0. The van der Waals surface area contributed by atoms with Crippen molar-refractivity contribution in [3.05, 3.63) is 51.5 Å². The van der Waals surface area contributed by atoms with Gasteiger partial charge in [0.1, 0.15) is 0 Å². The molecule has 3 heterocycles. The molecule has 2 atom stereocenters. The molecule has 5 rings (SSSR count). The highest BCUT2D eigenvalue weighted by molar-refractivity contribution is 6.42. The van der Waals surface area contributed by atoms with Crippen molar-refractivity contribution in [2.75, 3.05) is 36.4 Å². The van der Waals surface area contributed by atoms with E-state index in [2.05, 4.69) is 27.7 Å². The lowest BCUT2D eigenvalue weighted by Gasteiger charge is -2.42.